The third-order valence-electron chi connectivity index (χ3n) is 4.00. The third kappa shape index (κ3) is 16.7. The summed E-state index contributed by atoms with van der Waals surface area (Å²) in [6.45, 7) is 7.81. The van der Waals surface area contributed by atoms with Crippen molar-refractivity contribution in [3.8, 4) is 5.75 Å². The van der Waals surface area contributed by atoms with E-state index in [0.29, 0.717) is 52.9 Å². The molecule has 0 aromatic heterocycles. The topological polar surface area (TPSA) is 46.2 Å². The monoisotopic (exact) mass is 382 g/mol. The van der Waals surface area contributed by atoms with Gasteiger partial charge in [0.05, 0.1) is 46.2 Å². The molecule has 0 N–H and O–H groups in total. The summed E-state index contributed by atoms with van der Waals surface area (Å²) in [7, 11) is 0. The average molecular weight is 383 g/mol. The predicted octanol–water partition coefficient (Wildman–Crippen LogP) is 4.49. The van der Waals surface area contributed by atoms with Gasteiger partial charge in [0.15, 0.2) is 0 Å². The van der Waals surface area contributed by atoms with Crippen LogP contribution in [0.1, 0.15) is 45.4 Å². The van der Waals surface area contributed by atoms with E-state index in [-0.39, 0.29) is 0 Å². The molecule has 0 radical (unpaired) electrons. The average Bonchev–Trinajstić information content (AvgIpc) is 2.70. The highest BCUT2D eigenvalue weighted by molar-refractivity contribution is 5.20. The zero-order valence-corrected chi connectivity index (χ0v) is 17.0. The lowest BCUT2D eigenvalue weighted by molar-refractivity contribution is -0.00487. The Kier molecular flexibility index (Phi) is 17.4. The van der Waals surface area contributed by atoms with Crippen LogP contribution in [0.3, 0.4) is 0 Å². The van der Waals surface area contributed by atoms with Crippen molar-refractivity contribution in [3.05, 3.63) is 30.3 Å². The molecule has 0 atom stereocenters. The highest BCUT2D eigenvalue weighted by atomic mass is 16.6. The summed E-state index contributed by atoms with van der Waals surface area (Å²) in [5, 5.41) is 0. The number of benzene rings is 1. The first-order valence-corrected chi connectivity index (χ1v) is 10.4. The van der Waals surface area contributed by atoms with Crippen molar-refractivity contribution in [2.24, 2.45) is 0 Å². The Bertz CT molecular complexity index is 399. The van der Waals surface area contributed by atoms with Crippen LogP contribution in [-0.4, -0.2) is 59.5 Å². The molecule has 0 aliphatic carbocycles. The van der Waals surface area contributed by atoms with E-state index in [9.17, 15) is 0 Å². The molecule has 1 rings (SSSR count). The molecule has 156 valence electrons. The Balaban J connectivity index is 1.67. The van der Waals surface area contributed by atoms with Crippen LogP contribution in [0, 0.1) is 0 Å². The van der Waals surface area contributed by atoms with Crippen molar-refractivity contribution >= 4 is 0 Å². The summed E-state index contributed by atoms with van der Waals surface area (Å²) in [5.41, 5.74) is 0. The molecule has 1 aromatic rings. The lowest BCUT2D eigenvalue weighted by Gasteiger charge is -2.08. The minimum Gasteiger partial charge on any atom is -0.491 e. The van der Waals surface area contributed by atoms with Gasteiger partial charge in [-0.25, -0.2) is 0 Å². The lowest BCUT2D eigenvalue weighted by Crippen LogP contribution is -2.13. The van der Waals surface area contributed by atoms with Gasteiger partial charge in [-0.2, -0.15) is 0 Å². The highest BCUT2D eigenvalue weighted by Gasteiger charge is 1.95. The lowest BCUT2D eigenvalue weighted by atomic mass is 10.1. The van der Waals surface area contributed by atoms with Gasteiger partial charge in [0, 0.05) is 6.61 Å². The molecule has 0 heterocycles. The predicted molar refractivity (Wildman–Crippen MR) is 109 cm³/mol. The fraction of sp³-hybridized carbons (Fsp3) is 0.727. The normalized spacial score (nSPS) is 11.0. The third-order valence-corrected chi connectivity index (χ3v) is 4.00. The standard InChI is InChI=1S/C22H38O5/c1-2-3-4-5-6-10-13-23-14-15-24-16-17-25-18-19-26-20-21-27-22-11-8-7-9-12-22/h7-9,11-12H,2-6,10,13-21H2,1H3. The maximum atomic E-state index is 5.56. The molecule has 27 heavy (non-hydrogen) atoms. The molecule has 0 bridgehead atoms. The minimum absolute atomic E-state index is 0.547. The number of hydrogen-bond donors (Lipinski definition) is 0. The summed E-state index contributed by atoms with van der Waals surface area (Å²) < 4.78 is 27.5. The van der Waals surface area contributed by atoms with Crippen LogP contribution < -0.4 is 4.74 Å². The van der Waals surface area contributed by atoms with Gasteiger partial charge in [-0.3, -0.25) is 0 Å². The van der Waals surface area contributed by atoms with Crippen LogP contribution in [0.15, 0.2) is 30.3 Å². The molecule has 0 saturated heterocycles. The second-order valence-corrected chi connectivity index (χ2v) is 6.38. The van der Waals surface area contributed by atoms with Crippen molar-refractivity contribution in [2.75, 3.05) is 59.5 Å². The fourth-order valence-corrected chi connectivity index (χ4v) is 2.48. The molecule has 5 heteroatoms. The summed E-state index contributed by atoms with van der Waals surface area (Å²) in [6.07, 6.45) is 7.76. The molecule has 0 spiro atoms. The van der Waals surface area contributed by atoms with Crippen molar-refractivity contribution in [1.29, 1.82) is 0 Å². The van der Waals surface area contributed by atoms with Crippen LogP contribution in [-0.2, 0) is 18.9 Å². The molecule has 0 aliphatic rings. The highest BCUT2D eigenvalue weighted by Crippen LogP contribution is 2.07. The SMILES string of the molecule is CCCCCCCCOCCOCCOCCOCCOc1ccccc1. The second-order valence-electron chi connectivity index (χ2n) is 6.38. The van der Waals surface area contributed by atoms with E-state index >= 15 is 0 Å². The van der Waals surface area contributed by atoms with Gasteiger partial charge in [0.2, 0.25) is 0 Å². The Morgan fingerprint density at radius 1 is 0.519 bits per heavy atom. The Morgan fingerprint density at radius 3 is 1.59 bits per heavy atom. The first-order chi connectivity index (χ1) is 13.4. The van der Waals surface area contributed by atoms with E-state index in [1.165, 1.54) is 32.1 Å². The van der Waals surface area contributed by atoms with E-state index in [1.807, 2.05) is 30.3 Å². The van der Waals surface area contributed by atoms with Crippen LogP contribution >= 0.6 is 0 Å². The first kappa shape index (κ1) is 23.9. The Hall–Kier alpha value is -1.14. The number of unbranched alkanes of at least 4 members (excludes halogenated alkanes) is 5. The van der Waals surface area contributed by atoms with Gasteiger partial charge in [0.25, 0.3) is 0 Å². The van der Waals surface area contributed by atoms with Crippen LogP contribution in [0.5, 0.6) is 5.75 Å². The maximum absolute atomic E-state index is 5.56. The molecule has 0 fully saturated rings. The number of para-hydroxylation sites is 1. The number of ether oxygens (including phenoxy) is 5. The Labute approximate surface area is 165 Å². The summed E-state index contributed by atoms with van der Waals surface area (Å²) in [5.74, 6) is 0.866. The summed E-state index contributed by atoms with van der Waals surface area (Å²) in [6, 6.07) is 9.74. The largest absolute Gasteiger partial charge is 0.491 e. The zero-order valence-electron chi connectivity index (χ0n) is 17.0. The summed E-state index contributed by atoms with van der Waals surface area (Å²) >= 11 is 0. The second kappa shape index (κ2) is 19.6. The van der Waals surface area contributed by atoms with Crippen molar-refractivity contribution in [3.63, 3.8) is 0 Å². The van der Waals surface area contributed by atoms with E-state index in [0.717, 1.165) is 18.8 Å². The minimum atomic E-state index is 0.547. The quantitative estimate of drug-likeness (QED) is 0.311. The van der Waals surface area contributed by atoms with E-state index in [4.69, 9.17) is 23.7 Å². The van der Waals surface area contributed by atoms with Crippen molar-refractivity contribution < 1.29 is 23.7 Å². The van der Waals surface area contributed by atoms with Crippen LogP contribution in [0.25, 0.3) is 0 Å². The van der Waals surface area contributed by atoms with Gasteiger partial charge >= 0.3 is 0 Å². The molecule has 5 nitrogen and oxygen atoms in total. The van der Waals surface area contributed by atoms with Gasteiger partial charge < -0.3 is 23.7 Å². The molecular weight excluding hydrogens is 344 g/mol. The van der Waals surface area contributed by atoms with Crippen molar-refractivity contribution in [1.82, 2.24) is 0 Å². The van der Waals surface area contributed by atoms with Gasteiger partial charge in [-0.15, -0.1) is 0 Å². The smallest absolute Gasteiger partial charge is 0.119 e. The Morgan fingerprint density at radius 2 is 1.00 bits per heavy atom. The van der Waals surface area contributed by atoms with E-state index in [1.54, 1.807) is 0 Å². The van der Waals surface area contributed by atoms with Gasteiger partial charge in [-0.1, -0.05) is 57.2 Å². The molecule has 1 aromatic carbocycles. The van der Waals surface area contributed by atoms with Gasteiger partial charge in [-0.05, 0) is 18.6 Å². The van der Waals surface area contributed by atoms with Crippen LogP contribution in [0.2, 0.25) is 0 Å². The molecule has 0 aliphatic heterocycles. The molecule has 0 unspecified atom stereocenters. The number of rotatable bonds is 20. The van der Waals surface area contributed by atoms with Crippen molar-refractivity contribution in [2.45, 2.75) is 45.4 Å². The summed E-state index contributed by atoms with van der Waals surface area (Å²) in [4.78, 5) is 0. The first-order valence-electron chi connectivity index (χ1n) is 10.4. The number of hydrogen-bond acceptors (Lipinski definition) is 5. The molecule has 0 saturated carbocycles. The fourth-order valence-electron chi connectivity index (χ4n) is 2.48. The van der Waals surface area contributed by atoms with E-state index < -0.39 is 0 Å². The zero-order chi connectivity index (χ0) is 19.3. The molecule has 0 amide bonds. The maximum Gasteiger partial charge on any atom is 0.119 e. The molecular formula is C22H38O5. The van der Waals surface area contributed by atoms with Gasteiger partial charge in [0.1, 0.15) is 12.4 Å². The van der Waals surface area contributed by atoms with E-state index in [2.05, 4.69) is 6.92 Å². The van der Waals surface area contributed by atoms with Crippen LogP contribution in [0.4, 0.5) is 0 Å².